The van der Waals surface area contributed by atoms with E-state index in [2.05, 4.69) is 18.3 Å². The number of para-hydroxylation sites is 1. The third kappa shape index (κ3) is 5.49. The van der Waals surface area contributed by atoms with Gasteiger partial charge in [0.05, 0.1) is 14.2 Å². The van der Waals surface area contributed by atoms with Crippen molar-refractivity contribution in [1.29, 1.82) is 0 Å². The number of benzene rings is 2. The minimum Gasteiger partial charge on any atom is -0.493 e. The molecule has 2 rings (SSSR count). The van der Waals surface area contributed by atoms with Crippen molar-refractivity contribution in [3.05, 3.63) is 54.1 Å². The van der Waals surface area contributed by atoms with Gasteiger partial charge in [0.15, 0.2) is 11.5 Å². The molecule has 0 fully saturated rings. The van der Waals surface area contributed by atoms with Crippen molar-refractivity contribution in [2.24, 2.45) is 0 Å². The summed E-state index contributed by atoms with van der Waals surface area (Å²) in [4.78, 5) is 0. The number of rotatable bonds is 9. The molecule has 0 saturated heterocycles. The highest BCUT2D eigenvalue weighted by atomic mass is 16.5. The predicted molar refractivity (Wildman–Crippen MR) is 92.7 cm³/mol. The second kappa shape index (κ2) is 9.06. The third-order valence-corrected chi connectivity index (χ3v) is 3.60. The Hall–Kier alpha value is -2.20. The van der Waals surface area contributed by atoms with Crippen LogP contribution in [0.2, 0.25) is 0 Å². The van der Waals surface area contributed by atoms with Crippen LogP contribution in [0.15, 0.2) is 48.5 Å². The zero-order valence-corrected chi connectivity index (χ0v) is 14.0. The number of nitrogens with one attached hydrogen (secondary N) is 1. The molecule has 124 valence electrons. The SMILES string of the molecule is COc1ccc(CC(C)NCCOc2ccccc2)cc1OC. The first kappa shape index (κ1) is 17.2. The first-order valence-corrected chi connectivity index (χ1v) is 7.85. The van der Waals surface area contributed by atoms with Crippen LogP contribution in [0.5, 0.6) is 17.2 Å². The van der Waals surface area contributed by atoms with Crippen LogP contribution < -0.4 is 19.5 Å². The van der Waals surface area contributed by atoms with Crippen molar-refractivity contribution in [3.8, 4) is 17.2 Å². The summed E-state index contributed by atoms with van der Waals surface area (Å²) in [5.41, 5.74) is 1.21. The van der Waals surface area contributed by atoms with Crippen LogP contribution in [-0.2, 0) is 6.42 Å². The van der Waals surface area contributed by atoms with Gasteiger partial charge in [-0.1, -0.05) is 24.3 Å². The van der Waals surface area contributed by atoms with Gasteiger partial charge in [-0.3, -0.25) is 0 Å². The molecule has 1 N–H and O–H groups in total. The van der Waals surface area contributed by atoms with Crippen LogP contribution in [0.3, 0.4) is 0 Å². The number of methoxy groups -OCH3 is 2. The van der Waals surface area contributed by atoms with Gasteiger partial charge in [0.1, 0.15) is 12.4 Å². The summed E-state index contributed by atoms with van der Waals surface area (Å²) in [6.45, 7) is 3.63. The van der Waals surface area contributed by atoms with E-state index >= 15 is 0 Å². The average molecular weight is 315 g/mol. The highest BCUT2D eigenvalue weighted by molar-refractivity contribution is 5.43. The molecule has 0 aliphatic carbocycles. The maximum Gasteiger partial charge on any atom is 0.160 e. The van der Waals surface area contributed by atoms with E-state index in [0.717, 1.165) is 30.2 Å². The Kier molecular flexibility index (Phi) is 6.76. The number of hydrogen-bond donors (Lipinski definition) is 1. The monoisotopic (exact) mass is 315 g/mol. The van der Waals surface area contributed by atoms with Crippen molar-refractivity contribution in [2.45, 2.75) is 19.4 Å². The fraction of sp³-hybridized carbons (Fsp3) is 0.368. The third-order valence-electron chi connectivity index (χ3n) is 3.60. The first-order valence-electron chi connectivity index (χ1n) is 7.85. The zero-order chi connectivity index (χ0) is 16.5. The van der Waals surface area contributed by atoms with E-state index in [-0.39, 0.29) is 0 Å². The van der Waals surface area contributed by atoms with E-state index in [9.17, 15) is 0 Å². The van der Waals surface area contributed by atoms with E-state index in [1.54, 1.807) is 14.2 Å². The maximum absolute atomic E-state index is 5.67. The molecule has 1 unspecified atom stereocenters. The average Bonchev–Trinajstić information content (AvgIpc) is 2.59. The lowest BCUT2D eigenvalue weighted by molar-refractivity contribution is 0.306. The summed E-state index contributed by atoms with van der Waals surface area (Å²) < 4.78 is 16.3. The van der Waals surface area contributed by atoms with Gasteiger partial charge in [-0.25, -0.2) is 0 Å². The molecule has 4 nitrogen and oxygen atoms in total. The van der Waals surface area contributed by atoms with Crippen molar-refractivity contribution in [1.82, 2.24) is 5.32 Å². The Bertz CT molecular complexity index is 586. The molecule has 2 aromatic carbocycles. The van der Waals surface area contributed by atoms with Crippen molar-refractivity contribution < 1.29 is 14.2 Å². The molecule has 0 heterocycles. The van der Waals surface area contributed by atoms with E-state index in [0.29, 0.717) is 12.6 Å². The van der Waals surface area contributed by atoms with Gasteiger partial charge in [-0.05, 0) is 43.2 Å². The number of ether oxygens (including phenoxy) is 3. The molecule has 4 heteroatoms. The lowest BCUT2D eigenvalue weighted by atomic mass is 10.1. The second-order valence-electron chi connectivity index (χ2n) is 5.41. The van der Waals surface area contributed by atoms with Gasteiger partial charge in [-0.15, -0.1) is 0 Å². The van der Waals surface area contributed by atoms with Gasteiger partial charge < -0.3 is 19.5 Å². The minimum atomic E-state index is 0.354. The van der Waals surface area contributed by atoms with Crippen molar-refractivity contribution >= 4 is 0 Å². The highest BCUT2D eigenvalue weighted by Crippen LogP contribution is 2.27. The smallest absolute Gasteiger partial charge is 0.160 e. The summed E-state index contributed by atoms with van der Waals surface area (Å²) in [6.07, 6.45) is 0.922. The summed E-state index contributed by atoms with van der Waals surface area (Å²) in [6, 6.07) is 16.3. The summed E-state index contributed by atoms with van der Waals surface area (Å²) in [5, 5.41) is 3.47. The normalized spacial score (nSPS) is 11.8. The lowest BCUT2D eigenvalue weighted by Gasteiger charge is -2.15. The Balaban J connectivity index is 1.75. The fourth-order valence-corrected chi connectivity index (χ4v) is 2.42. The maximum atomic E-state index is 5.67. The molecule has 1 atom stereocenters. The summed E-state index contributed by atoms with van der Waals surface area (Å²) in [5.74, 6) is 2.43. The molecule has 0 amide bonds. The molecule has 23 heavy (non-hydrogen) atoms. The van der Waals surface area contributed by atoms with Crippen molar-refractivity contribution in [3.63, 3.8) is 0 Å². The topological polar surface area (TPSA) is 39.7 Å². The Labute approximate surface area is 138 Å². The van der Waals surface area contributed by atoms with Gasteiger partial charge in [0.2, 0.25) is 0 Å². The predicted octanol–water partition coefficient (Wildman–Crippen LogP) is 3.30. The molecule has 0 radical (unpaired) electrons. The van der Waals surface area contributed by atoms with Crippen LogP contribution in [0, 0.1) is 0 Å². The van der Waals surface area contributed by atoms with Crippen LogP contribution in [0.1, 0.15) is 12.5 Å². The summed E-state index contributed by atoms with van der Waals surface area (Å²) >= 11 is 0. The van der Waals surface area contributed by atoms with Gasteiger partial charge in [-0.2, -0.15) is 0 Å². The van der Waals surface area contributed by atoms with E-state index in [4.69, 9.17) is 14.2 Å². The highest BCUT2D eigenvalue weighted by Gasteiger charge is 2.08. The molecule has 0 aromatic heterocycles. The number of hydrogen-bond acceptors (Lipinski definition) is 4. The molecule has 0 aliphatic heterocycles. The Morgan fingerprint density at radius 3 is 2.39 bits per heavy atom. The molecule has 2 aromatic rings. The summed E-state index contributed by atoms with van der Waals surface area (Å²) in [7, 11) is 3.30. The standard InChI is InChI=1S/C19H25NO3/c1-15(20-11-12-23-17-7-5-4-6-8-17)13-16-9-10-18(21-2)19(14-16)22-3/h4-10,14-15,20H,11-13H2,1-3H3. The Morgan fingerprint density at radius 2 is 1.70 bits per heavy atom. The van der Waals surface area contributed by atoms with Crippen molar-refractivity contribution in [2.75, 3.05) is 27.4 Å². The largest absolute Gasteiger partial charge is 0.493 e. The minimum absolute atomic E-state index is 0.354. The van der Waals surface area contributed by atoms with Gasteiger partial charge in [0.25, 0.3) is 0 Å². The molecular formula is C19H25NO3. The second-order valence-corrected chi connectivity index (χ2v) is 5.41. The zero-order valence-electron chi connectivity index (χ0n) is 14.0. The molecule has 0 saturated carbocycles. The van der Waals surface area contributed by atoms with Gasteiger partial charge in [0, 0.05) is 12.6 Å². The lowest BCUT2D eigenvalue weighted by Crippen LogP contribution is -2.31. The van der Waals surface area contributed by atoms with Crippen LogP contribution in [0.25, 0.3) is 0 Å². The quantitative estimate of drug-likeness (QED) is 0.721. The molecule has 0 spiro atoms. The van der Waals surface area contributed by atoms with E-state index in [1.807, 2.05) is 42.5 Å². The molecule has 0 bridgehead atoms. The van der Waals surface area contributed by atoms with Gasteiger partial charge >= 0.3 is 0 Å². The first-order chi connectivity index (χ1) is 11.2. The molecular weight excluding hydrogens is 290 g/mol. The van der Waals surface area contributed by atoms with Crippen LogP contribution in [0.4, 0.5) is 0 Å². The van der Waals surface area contributed by atoms with Crippen LogP contribution >= 0.6 is 0 Å². The fourth-order valence-electron chi connectivity index (χ4n) is 2.42. The van der Waals surface area contributed by atoms with E-state index in [1.165, 1.54) is 5.56 Å². The molecule has 0 aliphatic rings. The van der Waals surface area contributed by atoms with Crippen LogP contribution in [-0.4, -0.2) is 33.4 Å². The van der Waals surface area contributed by atoms with E-state index < -0.39 is 0 Å². The Morgan fingerprint density at radius 1 is 0.957 bits per heavy atom.